The van der Waals surface area contributed by atoms with Crippen LogP contribution >= 0.6 is 11.6 Å². The van der Waals surface area contributed by atoms with Crippen LogP contribution in [0.15, 0.2) is 24.3 Å². The van der Waals surface area contributed by atoms with Gasteiger partial charge in [0.15, 0.2) is 0 Å². The van der Waals surface area contributed by atoms with Crippen LogP contribution in [-0.2, 0) is 15.0 Å². The molecule has 1 aromatic rings. The first kappa shape index (κ1) is 16.5. The Morgan fingerprint density at radius 1 is 1.40 bits per heavy atom. The van der Waals surface area contributed by atoms with Gasteiger partial charge in [0, 0.05) is 18.0 Å². The Hall–Kier alpha value is -1.55. The molecule has 0 aromatic heterocycles. The van der Waals surface area contributed by atoms with Gasteiger partial charge in [-0.05, 0) is 37.5 Å². The first-order valence-electron chi connectivity index (χ1n) is 6.49. The van der Waals surface area contributed by atoms with Gasteiger partial charge in [-0.25, -0.2) is 0 Å². The summed E-state index contributed by atoms with van der Waals surface area (Å²) in [4.78, 5) is 22.8. The molecule has 110 valence electrons. The molecule has 0 spiro atoms. The topological polar surface area (TPSA) is 66.4 Å². The van der Waals surface area contributed by atoms with E-state index in [9.17, 15) is 9.59 Å². The van der Waals surface area contributed by atoms with E-state index in [1.54, 1.807) is 25.1 Å². The fourth-order valence-electron chi connectivity index (χ4n) is 1.87. The summed E-state index contributed by atoms with van der Waals surface area (Å²) in [6.07, 6.45) is 0.0396. The molecule has 20 heavy (non-hydrogen) atoms. The van der Waals surface area contributed by atoms with Crippen LogP contribution in [0.25, 0.3) is 0 Å². The first-order valence-corrected chi connectivity index (χ1v) is 6.87. The van der Waals surface area contributed by atoms with E-state index in [2.05, 4.69) is 5.32 Å². The number of hydrogen-bond acceptors (Lipinski definition) is 2. The number of rotatable bonds is 6. The lowest BCUT2D eigenvalue weighted by Gasteiger charge is -2.25. The lowest BCUT2D eigenvalue weighted by molar-refractivity contribution is -0.138. The van der Waals surface area contributed by atoms with Gasteiger partial charge in [-0.3, -0.25) is 9.59 Å². The van der Waals surface area contributed by atoms with E-state index in [1.807, 2.05) is 19.9 Å². The van der Waals surface area contributed by atoms with E-state index in [4.69, 9.17) is 16.7 Å². The highest BCUT2D eigenvalue weighted by atomic mass is 35.5. The average molecular weight is 298 g/mol. The van der Waals surface area contributed by atoms with Crippen LogP contribution in [0.5, 0.6) is 0 Å². The molecular weight excluding hydrogens is 278 g/mol. The molecule has 0 fully saturated rings. The maximum absolute atomic E-state index is 12.3. The van der Waals surface area contributed by atoms with E-state index in [1.165, 1.54) is 0 Å². The summed E-state index contributed by atoms with van der Waals surface area (Å²) in [7, 11) is 0. The van der Waals surface area contributed by atoms with Crippen molar-refractivity contribution in [2.45, 2.75) is 32.6 Å². The van der Waals surface area contributed by atoms with Crippen LogP contribution in [0.4, 0.5) is 0 Å². The van der Waals surface area contributed by atoms with Crippen LogP contribution < -0.4 is 5.32 Å². The van der Waals surface area contributed by atoms with Gasteiger partial charge in [0.2, 0.25) is 5.91 Å². The van der Waals surface area contributed by atoms with Gasteiger partial charge in [-0.2, -0.15) is 0 Å². The number of carboxylic acids is 1. The number of amides is 1. The molecule has 5 heteroatoms. The van der Waals surface area contributed by atoms with Crippen molar-refractivity contribution in [3.63, 3.8) is 0 Å². The third-order valence-electron chi connectivity index (χ3n) is 3.25. The lowest BCUT2D eigenvalue weighted by atomic mass is 9.83. The summed E-state index contributed by atoms with van der Waals surface area (Å²) in [5.74, 6) is -1.11. The van der Waals surface area contributed by atoms with E-state index in [-0.39, 0.29) is 18.2 Å². The molecule has 4 nitrogen and oxygen atoms in total. The third kappa shape index (κ3) is 4.53. The molecule has 0 aliphatic heterocycles. The highest BCUT2D eigenvalue weighted by Gasteiger charge is 2.30. The fraction of sp³-hybridized carbons (Fsp3) is 0.467. The molecule has 0 radical (unpaired) electrons. The predicted octanol–water partition coefficient (Wildman–Crippen LogP) is 2.84. The largest absolute Gasteiger partial charge is 0.481 e. The first-order chi connectivity index (χ1) is 9.23. The number of carboxylic acid groups (broad SMARTS) is 1. The number of halogens is 1. The average Bonchev–Trinajstić information content (AvgIpc) is 2.35. The summed E-state index contributed by atoms with van der Waals surface area (Å²) in [5, 5.41) is 12.1. The van der Waals surface area contributed by atoms with Crippen LogP contribution in [0.2, 0.25) is 5.02 Å². The van der Waals surface area contributed by atoms with Gasteiger partial charge >= 0.3 is 5.97 Å². The zero-order valence-electron chi connectivity index (χ0n) is 11.9. The molecule has 1 aromatic carbocycles. The molecule has 0 aliphatic carbocycles. The van der Waals surface area contributed by atoms with E-state index >= 15 is 0 Å². The summed E-state index contributed by atoms with van der Waals surface area (Å²) >= 11 is 5.94. The molecule has 1 atom stereocenters. The number of carbonyl (C=O) groups is 2. The second-order valence-corrected chi connectivity index (χ2v) is 5.98. The van der Waals surface area contributed by atoms with Crippen LogP contribution in [0, 0.1) is 5.92 Å². The zero-order valence-corrected chi connectivity index (χ0v) is 12.7. The summed E-state index contributed by atoms with van der Waals surface area (Å²) in [6.45, 7) is 5.77. The fourth-order valence-corrected chi connectivity index (χ4v) is 2.06. The highest BCUT2D eigenvalue weighted by Crippen LogP contribution is 2.25. The van der Waals surface area contributed by atoms with Gasteiger partial charge in [-0.1, -0.05) is 30.7 Å². The second kappa shape index (κ2) is 6.75. The van der Waals surface area contributed by atoms with Crippen LogP contribution in [0.1, 0.15) is 32.8 Å². The van der Waals surface area contributed by atoms with E-state index in [0.717, 1.165) is 5.56 Å². The number of aliphatic carboxylic acids is 1. The Balaban J connectivity index is 2.68. The zero-order chi connectivity index (χ0) is 15.3. The minimum atomic E-state index is -0.860. The number of benzene rings is 1. The predicted molar refractivity (Wildman–Crippen MR) is 78.9 cm³/mol. The molecular formula is C15H20ClNO3. The lowest BCUT2D eigenvalue weighted by Crippen LogP contribution is -2.42. The molecule has 1 unspecified atom stereocenters. The monoisotopic (exact) mass is 297 g/mol. The van der Waals surface area contributed by atoms with Crippen molar-refractivity contribution >= 4 is 23.5 Å². The minimum Gasteiger partial charge on any atom is -0.481 e. The molecule has 0 heterocycles. The Morgan fingerprint density at radius 3 is 2.60 bits per heavy atom. The molecule has 0 bridgehead atoms. The van der Waals surface area contributed by atoms with Gasteiger partial charge in [-0.15, -0.1) is 0 Å². The summed E-state index contributed by atoms with van der Waals surface area (Å²) < 4.78 is 0. The SMILES string of the molecule is CC(CNC(=O)C(C)(C)c1cccc(Cl)c1)CC(=O)O. The highest BCUT2D eigenvalue weighted by molar-refractivity contribution is 6.30. The smallest absolute Gasteiger partial charge is 0.303 e. The van der Waals surface area contributed by atoms with Gasteiger partial charge in [0.05, 0.1) is 5.41 Å². The Bertz CT molecular complexity index is 500. The van der Waals surface area contributed by atoms with Crippen molar-refractivity contribution in [3.05, 3.63) is 34.9 Å². The van der Waals surface area contributed by atoms with Gasteiger partial charge in [0.25, 0.3) is 0 Å². The van der Waals surface area contributed by atoms with Crippen molar-refractivity contribution in [2.75, 3.05) is 6.54 Å². The quantitative estimate of drug-likeness (QED) is 0.848. The van der Waals surface area contributed by atoms with Crippen molar-refractivity contribution in [3.8, 4) is 0 Å². The third-order valence-corrected chi connectivity index (χ3v) is 3.48. The number of hydrogen-bond donors (Lipinski definition) is 2. The molecule has 1 amide bonds. The van der Waals surface area contributed by atoms with Crippen molar-refractivity contribution in [1.82, 2.24) is 5.32 Å². The van der Waals surface area contributed by atoms with Crippen LogP contribution in [0.3, 0.4) is 0 Å². The summed E-state index contributed by atoms with van der Waals surface area (Å²) in [5.41, 5.74) is 0.113. The maximum atomic E-state index is 12.3. The van der Waals surface area contributed by atoms with Crippen molar-refractivity contribution < 1.29 is 14.7 Å². The summed E-state index contributed by atoms with van der Waals surface area (Å²) in [6, 6.07) is 7.18. The number of nitrogens with one attached hydrogen (secondary N) is 1. The van der Waals surface area contributed by atoms with Crippen molar-refractivity contribution in [2.24, 2.45) is 5.92 Å². The van der Waals surface area contributed by atoms with E-state index in [0.29, 0.717) is 11.6 Å². The molecule has 0 saturated carbocycles. The van der Waals surface area contributed by atoms with Gasteiger partial charge < -0.3 is 10.4 Å². The molecule has 1 rings (SSSR count). The molecule has 0 saturated heterocycles. The standard InChI is InChI=1S/C15H20ClNO3/c1-10(7-13(18)19)9-17-14(20)15(2,3)11-5-4-6-12(16)8-11/h4-6,8,10H,7,9H2,1-3H3,(H,17,20)(H,18,19). The Kier molecular flexibility index (Phi) is 5.57. The second-order valence-electron chi connectivity index (χ2n) is 5.55. The Labute approximate surface area is 124 Å². The van der Waals surface area contributed by atoms with Crippen LogP contribution in [-0.4, -0.2) is 23.5 Å². The van der Waals surface area contributed by atoms with Crippen molar-refractivity contribution in [1.29, 1.82) is 0 Å². The minimum absolute atomic E-state index is 0.0396. The van der Waals surface area contributed by atoms with E-state index < -0.39 is 11.4 Å². The normalized spacial score (nSPS) is 12.8. The molecule has 0 aliphatic rings. The molecule has 2 N–H and O–H groups in total. The Morgan fingerprint density at radius 2 is 2.05 bits per heavy atom. The maximum Gasteiger partial charge on any atom is 0.303 e. The van der Waals surface area contributed by atoms with Gasteiger partial charge in [0.1, 0.15) is 0 Å². The number of carbonyl (C=O) groups excluding carboxylic acids is 1.